The minimum Gasteiger partial charge on any atom is -0.497 e. The van der Waals surface area contributed by atoms with Crippen LogP contribution in [0.4, 0.5) is 0 Å². The Kier molecular flexibility index (Phi) is 11.2. The lowest BCUT2D eigenvalue weighted by Crippen LogP contribution is -2.10. The van der Waals surface area contributed by atoms with Crippen molar-refractivity contribution in [3.63, 3.8) is 0 Å². The molecule has 0 fully saturated rings. The summed E-state index contributed by atoms with van der Waals surface area (Å²) in [5.41, 5.74) is 3.00. The molecule has 0 bridgehead atoms. The van der Waals surface area contributed by atoms with Gasteiger partial charge in [0.05, 0.1) is 6.26 Å². The molecule has 1 unspecified atom stereocenters. The summed E-state index contributed by atoms with van der Waals surface area (Å²) in [6.07, 6.45) is 20.9. The molecule has 0 N–H and O–H groups in total. The predicted molar refractivity (Wildman–Crippen MR) is 98.0 cm³/mol. The fraction of sp³-hybridized carbons (Fsp3) is 0.810. The van der Waals surface area contributed by atoms with Crippen LogP contribution in [0.15, 0.2) is 23.5 Å². The molecule has 0 amide bonds. The molecule has 0 aromatic carbocycles. The van der Waals surface area contributed by atoms with Crippen molar-refractivity contribution in [2.75, 3.05) is 6.61 Å². The molecule has 22 heavy (non-hydrogen) atoms. The van der Waals surface area contributed by atoms with E-state index in [2.05, 4.69) is 26.8 Å². The number of hydrogen-bond acceptors (Lipinski definition) is 1. The van der Waals surface area contributed by atoms with Crippen LogP contribution in [0.2, 0.25) is 0 Å². The number of ether oxygens (including phenoxy) is 1. The van der Waals surface area contributed by atoms with Gasteiger partial charge in [-0.05, 0) is 42.9 Å². The van der Waals surface area contributed by atoms with E-state index in [1.807, 2.05) is 6.26 Å². The van der Waals surface area contributed by atoms with Crippen molar-refractivity contribution in [2.45, 2.75) is 97.8 Å². The van der Waals surface area contributed by atoms with Crippen LogP contribution < -0.4 is 0 Å². The van der Waals surface area contributed by atoms with Gasteiger partial charge in [0.25, 0.3) is 0 Å². The number of rotatable bonds is 13. The second-order valence-corrected chi connectivity index (χ2v) is 6.95. The van der Waals surface area contributed by atoms with E-state index in [0.717, 1.165) is 12.5 Å². The zero-order chi connectivity index (χ0) is 16.0. The molecule has 1 aliphatic heterocycles. The Labute approximate surface area is 139 Å². The van der Waals surface area contributed by atoms with Gasteiger partial charge in [0.1, 0.15) is 6.61 Å². The van der Waals surface area contributed by atoms with E-state index in [9.17, 15) is 0 Å². The summed E-state index contributed by atoms with van der Waals surface area (Å²) >= 11 is 0. The highest BCUT2D eigenvalue weighted by molar-refractivity contribution is 5.29. The SMILES string of the molecule is CCCCCCCCCCCC(CCC)C1=C(C)COC=C1. The summed E-state index contributed by atoms with van der Waals surface area (Å²) in [4.78, 5) is 0. The predicted octanol–water partition coefficient (Wildman–Crippen LogP) is 7.18. The van der Waals surface area contributed by atoms with E-state index < -0.39 is 0 Å². The zero-order valence-corrected chi connectivity index (χ0v) is 15.3. The van der Waals surface area contributed by atoms with Crippen molar-refractivity contribution in [2.24, 2.45) is 5.92 Å². The molecule has 0 aliphatic carbocycles. The summed E-state index contributed by atoms with van der Waals surface area (Å²) in [6, 6.07) is 0. The van der Waals surface area contributed by atoms with E-state index in [-0.39, 0.29) is 0 Å². The van der Waals surface area contributed by atoms with Gasteiger partial charge in [-0.2, -0.15) is 0 Å². The normalized spacial score (nSPS) is 16.0. The molecule has 0 aromatic rings. The second-order valence-electron chi connectivity index (χ2n) is 6.95. The highest BCUT2D eigenvalue weighted by Gasteiger charge is 2.16. The van der Waals surface area contributed by atoms with Crippen molar-refractivity contribution < 1.29 is 4.74 Å². The molecule has 1 heterocycles. The van der Waals surface area contributed by atoms with E-state index in [1.165, 1.54) is 82.6 Å². The lowest BCUT2D eigenvalue weighted by Gasteiger charge is -2.22. The van der Waals surface area contributed by atoms with Crippen LogP contribution in [-0.4, -0.2) is 6.61 Å². The van der Waals surface area contributed by atoms with Gasteiger partial charge in [-0.15, -0.1) is 0 Å². The van der Waals surface area contributed by atoms with Crippen LogP contribution in [0.1, 0.15) is 97.8 Å². The first-order valence-electron chi connectivity index (χ1n) is 9.77. The van der Waals surface area contributed by atoms with Crippen molar-refractivity contribution in [3.8, 4) is 0 Å². The Morgan fingerprint density at radius 2 is 1.50 bits per heavy atom. The van der Waals surface area contributed by atoms with Gasteiger partial charge >= 0.3 is 0 Å². The molecule has 1 aliphatic rings. The monoisotopic (exact) mass is 306 g/mol. The quantitative estimate of drug-likeness (QED) is 0.327. The summed E-state index contributed by atoms with van der Waals surface area (Å²) in [7, 11) is 0. The van der Waals surface area contributed by atoms with Crippen molar-refractivity contribution >= 4 is 0 Å². The molecular formula is C21H38O. The van der Waals surface area contributed by atoms with Crippen molar-refractivity contribution in [3.05, 3.63) is 23.5 Å². The highest BCUT2D eigenvalue weighted by atomic mass is 16.5. The first kappa shape index (κ1) is 19.3. The molecule has 1 rings (SSSR count). The average Bonchev–Trinajstić information content (AvgIpc) is 2.53. The summed E-state index contributed by atoms with van der Waals surface area (Å²) < 4.78 is 5.40. The molecular weight excluding hydrogens is 268 g/mol. The van der Waals surface area contributed by atoms with Gasteiger partial charge in [-0.1, -0.05) is 78.1 Å². The largest absolute Gasteiger partial charge is 0.497 e. The number of allylic oxidation sites excluding steroid dienone is 2. The minimum absolute atomic E-state index is 0.759. The third kappa shape index (κ3) is 8.06. The maximum atomic E-state index is 5.40. The average molecular weight is 307 g/mol. The number of unbranched alkanes of at least 4 members (excludes halogenated alkanes) is 8. The number of hydrogen-bond donors (Lipinski definition) is 0. The highest BCUT2D eigenvalue weighted by Crippen LogP contribution is 2.29. The summed E-state index contributed by atoms with van der Waals surface area (Å²) in [6.45, 7) is 7.63. The topological polar surface area (TPSA) is 9.23 Å². The van der Waals surface area contributed by atoms with Crippen LogP contribution in [-0.2, 0) is 4.74 Å². The zero-order valence-electron chi connectivity index (χ0n) is 15.3. The molecule has 0 saturated heterocycles. The smallest absolute Gasteiger partial charge is 0.109 e. The van der Waals surface area contributed by atoms with Crippen LogP contribution in [0.5, 0.6) is 0 Å². The second kappa shape index (κ2) is 12.8. The van der Waals surface area contributed by atoms with Crippen LogP contribution >= 0.6 is 0 Å². The Balaban J connectivity index is 2.16. The van der Waals surface area contributed by atoms with E-state index in [1.54, 1.807) is 5.57 Å². The summed E-state index contributed by atoms with van der Waals surface area (Å²) in [5, 5.41) is 0. The molecule has 1 heteroatoms. The van der Waals surface area contributed by atoms with Crippen LogP contribution in [0, 0.1) is 5.92 Å². The van der Waals surface area contributed by atoms with Crippen molar-refractivity contribution in [1.82, 2.24) is 0 Å². The maximum Gasteiger partial charge on any atom is 0.109 e. The Bertz CT molecular complexity index is 327. The third-order valence-corrected chi connectivity index (χ3v) is 4.87. The lowest BCUT2D eigenvalue weighted by molar-refractivity contribution is 0.270. The Morgan fingerprint density at radius 3 is 2.09 bits per heavy atom. The molecule has 0 radical (unpaired) electrons. The van der Waals surface area contributed by atoms with Gasteiger partial charge in [0.15, 0.2) is 0 Å². The fourth-order valence-corrected chi connectivity index (χ4v) is 3.51. The first-order chi connectivity index (χ1) is 10.8. The molecule has 0 saturated carbocycles. The van der Waals surface area contributed by atoms with Gasteiger partial charge < -0.3 is 4.74 Å². The Morgan fingerprint density at radius 1 is 0.864 bits per heavy atom. The van der Waals surface area contributed by atoms with Crippen LogP contribution in [0.3, 0.4) is 0 Å². The van der Waals surface area contributed by atoms with Crippen LogP contribution in [0.25, 0.3) is 0 Å². The molecule has 128 valence electrons. The van der Waals surface area contributed by atoms with E-state index >= 15 is 0 Å². The standard InChI is InChI=1S/C21H38O/c1-4-6-7-8-9-10-11-12-13-15-20(14-5-2)21-16-17-22-18-19(21)3/h16-17,20H,4-15,18H2,1-3H3. The minimum atomic E-state index is 0.759. The third-order valence-electron chi connectivity index (χ3n) is 4.87. The fourth-order valence-electron chi connectivity index (χ4n) is 3.51. The molecule has 1 nitrogen and oxygen atoms in total. The lowest BCUT2D eigenvalue weighted by atomic mass is 9.86. The van der Waals surface area contributed by atoms with Gasteiger partial charge in [0.2, 0.25) is 0 Å². The molecule has 0 aromatic heterocycles. The van der Waals surface area contributed by atoms with Gasteiger partial charge in [-0.3, -0.25) is 0 Å². The summed E-state index contributed by atoms with van der Waals surface area (Å²) in [5.74, 6) is 0.759. The van der Waals surface area contributed by atoms with Gasteiger partial charge in [0, 0.05) is 0 Å². The maximum absolute atomic E-state index is 5.40. The Hall–Kier alpha value is -0.720. The first-order valence-corrected chi connectivity index (χ1v) is 9.77. The van der Waals surface area contributed by atoms with E-state index in [0.29, 0.717) is 0 Å². The van der Waals surface area contributed by atoms with E-state index in [4.69, 9.17) is 4.74 Å². The molecule has 0 spiro atoms. The van der Waals surface area contributed by atoms with Crippen molar-refractivity contribution in [1.29, 1.82) is 0 Å². The van der Waals surface area contributed by atoms with Gasteiger partial charge in [-0.25, -0.2) is 0 Å². The molecule has 1 atom stereocenters.